The highest BCUT2D eigenvalue weighted by Gasteiger charge is 2.18. The number of nitrogens with one attached hydrogen (secondary N) is 2. The fourth-order valence-corrected chi connectivity index (χ4v) is 4.23. The molecule has 0 spiro atoms. The summed E-state index contributed by atoms with van der Waals surface area (Å²) in [4.78, 5) is 28.3. The summed E-state index contributed by atoms with van der Waals surface area (Å²) in [6.45, 7) is 7.35. The van der Waals surface area contributed by atoms with Gasteiger partial charge in [-0.1, -0.05) is 30.3 Å². The maximum Gasteiger partial charge on any atom is 0.267 e. The zero-order chi connectivity index (χ0) is 24.6. The van der Waals surface area contributed by atoms with Crippen LogP contribution in [0, 0.1) is 5.82 Å². The van der Waals surface area contributed by atoms with Crippen molar-refractivity contribution in [3.8, 4) is 0 Å². The Balaban J connectivity index is 1.54. The Hall–Kier alpha value is -3.49. The highest BCUT2D eigenvalue weighted by atomic mass is 19.1. The van der Waals surface area contributed by atoms with E-state index in [1.54, 1.807) is 12.1 Å². The van der Waals surface area contributed by atoms with Gasteiger partial charge in [-0.25, -0.2) is 4.39 Å². The molecule has 0 atom stereocenters. The molecule has 4 rings (SSSR count). The molecule has 1 aromatic heterocycles. The van der Waals surface area contributed by atoms with Crippen molar-refractivity contribution >= 4 is 28.8 Å². The van der Waals surface area contributed by atoms with Crippen LogP contribution in [0.1, 0.15) is 29.3 Å². The first-order valence-electron chi connectivity index (χ1n) is 12.0. The Labute approximate surface area is 204 Å². The van der Waals surface area contributed by atoms with Gasteiger partial charge >= 0.3 is 0 Å². The lowest BCUT2D eigenvalue weighted by atomic mass is 10.1. The molecular weight excluding hydrogens is 447 g/mol. The zero-order valence-electron chi connectivity index (χ0n) is 19.9. The number of amides is 2. The molecule has 184 valence electrons. The summed E-state index contributed by atoms with van der Waals surface area (Å²) in [6, 6.07) is 13.6. The fourth-order valence-electron chi connectivity index (χ4n) is 4.23. The average Bonchev–Trinajstić information content (AvgIpc) is 3.24. The first-order chi connectivity index (χ1) is 17.1. The van der Waals surface area contributed by atoms with Crippen LogP contribution in [0.5, 0.6) is 0 Å². The number of rotatable bonds is 9. The first-order valence-corrected chi connectivity index (χ1v) is 12.0. The van der Waals surface area contributed by atoms with E-state index in [-0.39, 0.29) is 11.3 Å². The van der Waals surface area contributed by atoms with Gasteiger partial charge in [0, 0.05) is 48.8 Å². The van der Waals surface area contributed by atoms with E-state index in [0.29, 0.717) is 6.54 Å². The Bertz CT molecular complexity index is 1210. The van der Waals surface area contributed by atoms with Gasteiger partial charge in [-0.3, -0.25) is 14.5 Å². The van der Waals surface area contributed by atoms with Gasteiger partial charge in [0.1, 0.15) is 11.5 Å². The predicted molar refractivity (Wildman–Crippen MR) is 134 cm³/mol. The van der Waals surface area contributed by atoms with E-state index >= 15 is 0 Å². The molecule has 8 heteroatoms. The lowest BCUT2D eigenvalue weighted by Gasteiger charge is -2.26. The number of para-hydroxylation sites is 1. The van der Waals surface area contributed by atoms with E-state index in [9.17, 15) is 14.0 Å². The maximum atomic E-state index is 14.2. The normalized spacial score (nSPS) is 14.7. The maximum absolute atomic E-state index is 14.2. The van der Waals surface area contributed by atoms with Crippen molar-refractivity contribution in [1.29, 1.82) is 0 Å². The molecule has 0 saturated carbocycles. The molecular formula is C27H31FN4O3. The fraction of sp³-hybridized carbons (Fsp3) is 0.333. The molecule has 1 aliphatic heterocycles. The molecule has 35 heavy (non-hydrogen) atoms. The van der Waals surface area contributed by atoms with Gasteiger partial charge in [0.2, 0.25) is 0 Å². The molecule has 1 saturated heterocycles. The largest absolute Gasteiger partial charge is 0.379 e. The van der Waals surface area contributed by atoms with Gasteiger partial charge < -0.3 is 19.9 Å². The number of fused-ring (bicyclic) bond motifs is 1. The summed E-state index contributed by atoms with van der Waals surface area (Å²) < 4.78 is 21.7. The highest BCUT2D eigenvalue weighted by Crippen LogP contribution is 2.23. The standard InChI is InChI=1S/C27H31FN4O3/c1-2-32-19-20(21-8-4-6-11-25(21)32)18-24(30-26(33)22-9-3-5-10-23(22)28)27(34)29-12-7-13-31-14-16-35-17-15-31/h3-6,8-11,18-19H,2,7,12-17H2,1H3,(H,29,34)(H,30,33). The zero-order valence-corrected chi connectivity index (χ0v) is 19.9. The summed E-state index contributed by atoms with van der Waals surface area (Å²) in [5, 5.41) is 6.51. The number of hydrogen-bond acceptors (Lipinski definition) is 4. The molecule has 3 aromatic rings. The quantitative estimate of drug-likeness (QED) is 0.365. The van der Waals surface area contributed by atoms with Crippen LogP contribution >= 0.6 is 0 Å². The number of aryl methyl sites for hydroxylation is 1. The van der Waals surface area contributed by atoms with Crippen molar-refractivity contribution in [2.24, 2.45) is 0 Å². The van der Waals surface area contributed by atoms with Crippen molar-refractivity contribution in [3.05, 3.63) is 77.4 Å². The van der Waals surface area contributed by atoms with Gasteiger partial charge in [0.05, 0.1) is 18.8 Å². The Kier molecular flexibility index (Phi) is 8.28. The number of carbonyl (C=O) groups is 2. The average molecular weight is 479 g/mol. The lowest BCUT2D eigenvalue weighted by Crippen LogP contribution is -2.39. The van der Waals surface area contributed by atoms with Crippen molar-refractivity contribution in [2.45, 2.75) is 19.9 Å². The lowest BCUT2D eigenvalue weighted by molar-refractivity contribution is -0.117. The molecule has 1 aliphatic rings. The third kappa shape index (κ3) is 6.15. The van der Waals surface area contributed by atoms with Crippen LogP contribution in [-0.4, -0.2) is 60.7 Å². The number of carbonyl (C=O) groups excluding carboxylic acids is 2. The van der Waals surface area contributed by atoms with Crippen molar-refractivity contribution < 1.29 is 18.7 Å². The minimum atomic E-state index is -0.669. The van der Waals surface area contributed by atoms with Crippen LogP contribution in [0.4, 0.5) is 4.39 Å². The molecule has 0 aliphatic carbocycles. The van der Waals surface area contributed by atoms with E-state index < -0.39 is 17.6 Å². The number of halogens is 1. The smallest absolute Gasteiger partial charge is 0.267 e. The second kappa shape index (κ2) is 11.8. The molecule has 0 radical (unpaired) electrons. The van der Waals surface area contributed by atoms with Crippen LogP contribution in [0.15, 0.2) is 60.4 Å². The SMILES string of the molecule is CCn1cc(C=C(NC(=O)c2ccccc2F)C(=O)NCCCN2CCOCC2)c2ccccc21. The van der Waals surface area contributed by atoms with Gasteiger partial charge in [-0.15, -0.1) is 0 Å². The van der Waals surface area contributed by atoms with Gasteiger partial charge in [-0.05, 0) is 44.2 Å². The molecule has 0 bridgehead atoms. The highest BCUT2D eigenvalue weighted by molar-refractivity contribution is 6.06. The molecule has 2 amide bonds. The van der Waals surface area contributed by atoms with E-state index in [1.165, 1.54) is 18.2 Å². The monoisotopic (exact) mass is 478 g/mol. The molecule has 7 nitrogen and oxygen atoms in total. The first kappa shape index (κ1) is 24.6. The second-order valence-corrected chi connectivity index (χ2v) is 8.44. The minimum Gasteiger partial charge on any atom is -0.379 e. The van der Waals surface area contributed by atoms with Crippen LogP contribution in [0.2, 0.25) is 0 Å². The minimum absolute atomic E-state index is 0.0728. The predicted octanol–water partition coefficient (Wildman–Crippen LogP) is 3.41. The molecule has 1 fully saturated rings. The summed E-state index contributed by atoms with van der Waals surface area (Å²) >= 11 is 0. The number of nitrogens with zero attached hydrogens (tertiary/aromatic N) is 2. The van der Waals surface area contributed by atoms with E-state index in [4.69, 9.17) is 4.74 Å². The van der Waals surface area contributed by atoms with E-state index in [2.05, 4.69) is 20.1 Å². The van der Waals surface area contributed by atoms with Crippen molar-refractivity contribution in [1.82, 2.24) is 20.1 Å². The van der Waals surface area contributed by atoms with E-state index in [0.717, 1.165) is 62.3 Å². The van der Waals surface area contributed by atoms with E-state index in [1.807, 2.05) is 37.4 Å². The van der Waals surface area contributed by atoms with Crippen LogP contribution in [-0.2, 0) is 16.1 Å². The van der Waals surface area contributed by atoms with Gasteiger partial charge in [0.15, 0.2) is 0 Å². The van der Waals surface area contributed by atoms with Crippen LogP contribution in [0.3, 0.4) is 0 Å². The van der Waals surface area contributed by atoms with Crippen LogP contribution in [0.25, 0.3) is 17.0 Å². The number of benzene rings is 2. The number of aromatic nitrogens is 1. The van der Waals surface area contributed by atoms with Crippen molar-refractivity contribution in [3.63, 3.8) is 0 Å². The Morgan fingerprint density at radius 3 is 2.60 bits per heavy atom. The molecule has 0 unspecified atom stereocenters. The Morgan fingerprint density at radius 1 is 1.09 bits per heavy atom. The number of hydrogen-bond donors (Lipinski definition) is 2. The summed E-state index contributed by atoms with van der Waals surface area (Å²) in [5.41, 5.74) is 1.79. The van der Waals surface area contributed by atoms with Gasteiger partial charge in [0.25, 0.3) is 11.8 Å². The van der Waals surface area contributed by atoms with Gasteiger partial charge in [-0.2, -0.15) is 0 Å². The topological polar surface area (TPSA) is 75.6 Å². The molecule has 2 heterocycles. The number of morpholine rings is 1. The summed E-state index contributed by atoms with van der Waals surface area (Å²) in [5.74, 6) is -1.72. The molecule has 2 aromatic carbocycles. The third-order valence-corrected chi connectivity index (χ3v) is 6.11. The molecule has 2 N–H and O–H groups in total. The van der Waals surface area contributed by atoms with Crippen LogP contribution < -0.4 is 10.6 Å². The summed E-state index contributed by atoms with van der Waals surface area (Å²) in [7, 11) is 0. The summed E-state index contributed by atoms with van der Waals surface area (Å²) in [6.07, 6.45) is 4.38. The number of ether oxygens (including phenoxy) is 1. The third-order valence-electron chi connectivity index (χ3n) is 6.11. The van der Waals surface area contributed by atoms with Crippen molar-refractivity contribution in [2.75, 3.05) is 39.4 Å². The second-order valence-electron chi connectivity index (χ2n) is 8.44. The Morgan fingerprint density at radius 2 is 1.83 bits per heavy atom.